The van der Waals surface area contributed by atoms with E-state index in [1.54, 1.807) is 0 Å². The minimum atomic E-state index is -0.719. The van der Waals surface area contributed by atoms with E-state index >= 15 is 0 Å². The molecule has 0 aliphatic heterocycles. The molecule has 1 aromatic carbocycles. The number of nitrogen functional groups attached to an aromatic ring is 1. The average molecular weight is 200 g/mol. The van der Waals surface area contributed by atoms with E-state index in [9.17, 15) is 8.78 Å². The number of rotatable bonds is 4. The lowest BCUT2D eigenvalue weighted by Crippen LogP contribution is -2.05. The topological polar surface area (TPSA) is 38.0 Å². The molecule has 0 atom stereocenters. The van der Waals surface area contributed by atoms with Crippen molar-refractivity contribution in [3.05, 3.63) is 23.8 Å². The zero-order valence-electron chi connectivity index (χ0n) is 8.11. The number of benzene rings is 1. The maximum atomic E-state index is 12.9. The second kappa shape index (κ2) is 4.79. The van der Waals surface area contributed by atoms with Crippen LogP contribution in [0.5, 0.6) is 0 Å². The van der Waals surface area contributed by atoms with Gasteiger partial charge in [-0.3, -0.25) is 0 Å². The van der Waals surface area contributed by atoms with E-state index in [0.29, 0.717) is 12.2 Å². The highest BCUT2D eigenvalue weighted by atomic mass is 19.1. The summed E-state index contributed by atoms with van der Waals surface area (Å²) in [6.07, 6.45) is 1.96. The summed E-state index contributed by atoms with van der Waals surface area (Å²) in [5, 5.41) is 2.89. The maximum absolute atomic E-state index is 12.9. The molecule has 0 aliphatic carbocycles. The number of halogens is 2. The van der Waals surface area contributed by atoms with Crippen molar-refractivity contribution in [2.24, 2.45) is 0 Å². The second-order valence-electron chi connectivity index (χ2n) is 3.13. The fourth-order valence-corrected chi connectivity index (χ4v) is 1.13. The van der Waals surface area contributed by atoms with E-state index in [0.717, 1.165) is 18.9 Å². The molecule has 0 aliphatic rings. The van der Waals surface area contributed by atoms with Gasteiger partial charge in [0.25, 0.3) is 0 Å². The molecule has 2 nitrogen and oxygen atoms in total. The second-order valence-corrected chi connectivity index (χ2v) is 3.13. The first-order valence-corrected chi connectivity index (χ1v) is 4.63. The summed E-state index contributed by atoms with van der Waals surface area (Å²) >= 11 is 0. The zero-order chi connectivity index (χ0) is 10.6. The van der Waals surface area contributed by atoms with Crippen molar-refractivity contribution < 1.29 is 8.78 Å². The molecular weight excluding hydrogens is 186 g/mol. The molecule has 0 spiro atoms. The highest BCUT2D eigenvalue weighted by Crippen LogP contribution is 2.23. The summed E-state index contributed by atoms with van der Waals surface area (Å²) in [5.74, 6) is -1.33. The van der Waals surface area contributed by atoms with Crippen LogP contribution in [0.15, 0.2) is 12.1 Å². The predicted octanol–water partition coefficient (Wildman–Crippen LogP) is 2.76. The van der Waals surface area contributed by atoms with Gasteiger partial charge in [0, 0.05) is 12.6 Å². The van der Waals surface area contributed by atoms with Crippen LogP contribution in [0.4, 0.5) is 20.2 Å². The standard InChI is InChI=1S/C10H14F2N2/c1-2-3-4-14-9-6-7(11)5-8(12)10(9)13/h5-6,14H,2-4,13H2,1H3. The minimum Gasteiger partial charge on any atom is -0.395 e. The van der Waals surface area contributed by atoms with Gasteiger partial charge in [-0.15, -0.1) is 0 Å². The molecule has 0 amide bonds. The van der Waals surface area contributed by atoms with Crippen molar-refractivity contribution >= 4 is 11.4 Å². The molecule has 14 heavy (non-hydrogen) atoms. The lowest BCUT2D eigenvalue weighted by molar-refractivity contribution is 0.587. The number of unbranched alkanes of at least 4 members (excludes halogenated alkanes) is 1. The fourth-order valence-electron chi connectivity index (χ4n) is 1.13. The van der Waals surface area contributed by atoms with Crippen molar-refractivity contribution in [1.82, 2.24) is 0 Å². The summed E-state index contributed by atoms with van der Waals surface area (Å²) < 4.78 is 25.7. The van der Waals surface area contributed by atoms with Crippen molar-refractivity contribution in [3.63, 3.8) is 0 Å². The van der Waals surface area contributed by atoms with Gasteiger partial charge in [-0.25, -0.2) is 8.78 Å². The number of hydrogen-bond donors (Lipinski definition) is 2. The Labute approximate surface area is 82.1 Å². The van der Waals surface area contributed by atoms with Gasteiger partial charge in [-0.05, 0) is 12.5 Å². The van der Waals surface area contributed by atoms with Crippen LogP contribution in [-0.2, 0) is 0 Å². The molecule has 0 bridgehead atoms. The maximum Gasteiger partial charge on any atom is 0.151 e. The van der Waals surface area contributed by atoms with E-state index in [1.165, 1.54) is 6.07 Å². The average Bonchev–Trinajstić information content (AvgIpc) is 2.13. The number of nitrogens with one attached hydrogen (secondary N) is 1. The van der Waals surface area contributed by atoms with Crippen molar-refractivity contribution in [3.8, 4) is 0 Å². The Morgan fingerprint density at radius 3 is 2.71 bits per heavy atom. The molecule has 78 valence electrons. The van der Waals surface area contributed by atoms with Gasteiger partial charge < -0.3 is 11.1 Å². The molecule has 0 saturated heterocycles. The van der Waals surface area contributed by atoms with Crippen LogP contribution in [0.25, 0.3) is 0 Å². The first kappa shape index (κ1) is 10.8. The third-order valence-corrected chi connectivity index (χ3v) is 1.94. The Hall–Kier alpha value is -1.32. The summed E-state index contributed by atoms with van der Waals surface area (Å²) in [7, 11) is 0. The molecular formula is C10H14F2N2. The first-order chi connectivity index (χ1) is 6.65. The van der Waals surface area contributed by atoms with Crippen LogP contribution in [0.2, 0.25) is 0 Å². The van der Waals surface area contributed by atoms with Crippen LogP contribution in [0.1, 0.15) is 19.8 Å². The summed E-state index contributed by atoms with van der Waals surface area (Å²) in [6, 6.07) is 1.98. The SMILES string of the molecule is CCCCNc1cc(F)cc(F)c1N. The molecule has 3 N–H and O–H groups in total. The van der Waals surface area contributed by atoms with E-state index in [1.807, 2.05) is 6.92 Å². The van der Waals surface area contributed by atoms with Gasteiger partial charge >= 0.3 is 0 Å². The van der Waals surface area contributed by atoms with E-state index < -0.39 is 11.6 Å². The minimum absolute atomic E-state index is 0.0255. The summed E-state index contributed by atoms with van der Waals surface area (Å²) in [6.45, 7) is 2.71. The smallest absolute Gasteiger partial charge is 0.151 e. The Morgan fingerprint density at radius 1 is 1.36 bits per heavy atom. The predicted molar refractivity (Wildman–Crippen MR) is 54.2 cm³/mol. The largest absolute Gasteiger partial charge is 0.395 e. The normalized spacial score (nSPS) is 10.2. The van der Waals surface area contributed by atoms with Crippen molar-refractivity contribution in [2.75, 3.05) is 17.6 Å². The van der Waals surface area contributed by atoms with Gasteiger partial charge in [0.2, 0.25) is 0 Å². The zero-order valence-corrected chi connectivity index (χ0v) is 8.11. The molecule has 0 aromatic heterocycles. The fraction of sp³-hybridized carbons (Fsp3) is 0.400. The van der Waals surface area contributed by atoms with Crippen LogP contribution in [0.3, 0.4) is 0 Å². The van der Waals surface area contributed by atoms with Gasteiger partial charge in [-0.1, -0.05) is 13.3 Å². The molecule has 0 unspecified atom stereocenters. The molecule has 0 saturated carbocycles. The molecule has 4 heteroatoms. The lowest BCUT2D eigenvalue weighted by Gasteiger charge is -2.09. The lowest BCUT2D eigenvalue weighted by atomic mass is 10.2. The Bertz CT molecular complexity index is 313. The highest BCUT2D eigenvalue weighted by Gasteiger charge is 2.06. The number of anilines is 2. The molecule has 0 heterocycles. The van der Waals surface area contributed by atoms with Gasteiger partial charge in [0.15, 0.2) is 5.82 Å². The number of nitrogens with two attached hydrogens (primary N) is 1. The highest BCUT2D eigenvalue weighted by molar-refractivity contribution is 5.66. The Morgan fingerprint density at radius 2 is 2.07 bits per heavy atom. The molecule has 0 radical (unpaired) electrons. The van der Waals surface area contributed by atoms with Gasteiger partial charge in [0.05, 0.1) is 11.4 Å². The molecule has 1 rings (SSSR count). The third kappa shape index (κ3) is 2.58. The Kier molecular flexibility index (Phi) is 3.68. The van der Waals surface area contributed by atoms with Crippen molar-refractivity contribution in [1.29, 1.82) is 0 Å². The van der Waals surface area contributed by atoms with E-state index in [2.05, 4.69) is 5.32 Å². The van der Waals surface area contributed by atoms with Gasteiger partial charge in [-0.2, -0.15) is 0 Å². The van der Waals surface area contributed by atoms with Crippen LogP contribution < -0.4 is 11.1 Å². The van der Waals surface area contributed by atoms with E-state index in [4.69, 9.17) is 5.73 Å². The van der Waals surface area contributed by atoms with Crippen molar-refractivity contribution in [2.45, 2.75) is 19.8 Å². The van der Waals surface area contributed by atoms with Crippen LogP contribution >= 0.6 is 0 Å². The third-order valence-electron chi connectivity index (χ3n) is 1.94. The Balaban J connectivity index is 2.75. The number of hydrogen-bond acceptors (Lipinski definition) is 2. The van der Waals surface area contributed by atoms with Gasteiger partial charge in [0.1, 0.15) is 5.82 Å². The monoisotopic (exact) mass is 200 g/mol. The molecule has 1 aromatic rings. The quantitative estimate of drug-likeness (QED) is 0.579. The first-order valence-electron chi connectivity index (χ1n) is 4.63. The summed E-state index contributed by atoms with van der Waals surface area (Å²) in [4.78, 5) is 0. The molecule has 0 fully saturated rings. The van der Waals surface area contributed by atoms with E-state index in [-0.39, 0.29) is 5.69 Å². The van der Waals surface area contributed by atoms with Crippen LogP contribution in [0, 0.1) is 11.6 Å². The summed E-state index contributed by atoms with van der Waals surface area (Å²) in [5.41, 5.74) is 5.73. The van der Waals surface area contributed by atoms with Crippen LogP contribution in [-0.4, -0.2) is 6.54 Å².